The van der Waals surface area contributed by atoms with E-state index in [1.54, 1.807) is 0 Å². The number of hydrogen-bond acceptors (Lipinski definition) is 4. The molecule has 118 valence electrons. The lowest BCUT2D eigenvalue weighted by Crippen LogP contribution is -2.34. The van der Waals surface area contributed by atoms with Crippen LogP contribution in [0.1, 0.15) is 42.8 Å². The van der Waals surface area contributed by atoms with Crippen LogP contribution in [0.3, 0.4) is 0 Å². The molecule has 8 heteroatoms. The van der Waals surface area contributed by atoms with Crippen molar-refractivity contribution in [3.8, 4) is 0 Å². The van der Waals surface area contributed by atoms with Gasteiger partial charge in [0.15, 0.2) is 0 Å². The van der Waals surface area contributed by atoms with E-state index in [4.69, 9.17) is 5.11 Å². The molecule has 1 N–H and O–H groups in total. The Morgan fingerprint density at radius 1 is 1.52 bits per heavy atom. The van der Waals surface area contributed by atoms with E-state index in [1.807, 2.05) is 0 Å². The number of aromatic carboxylic acids is 1. The molecular weight excluding hydrogens is 378 g/mol. The zero-order valence-electron chi connectivity index (χ0n) is 11.9. The van der Waals surface area contributed by atoms with E-state index in [2.05, 4.69) is 29.8 Å². The van der Waals surface area contributed by atoms with Crippen molar-refractivity contribution in [2.24, 2.45) is 5.92 Å². The second-order valence-corrected chi connectivity index (χ2v) is 9.81. The molecular formula is C13H18BrNO4S2. The minimum atomic E-state index is -3.64. The first-order chi connectivity index (χ1) is 9.73. The van der Waals surface area contributed by atoms with Gasteiger partial charge in [-0.05, 0) is 47.2 Å². The van der Waals surface area contributed by atoms with Crippen LogP contribution in [0.25, 0.3) is 0 Å². The third kappa shape index (κ3) is 3.85. The zero-order chi connectivity index (χ0) is 15.8. The summed E-state index contributed by atoms with van der Waals surface area (Å²) in [6.07, 6.45) is 2.55. The van der Waals surface area contributed by atoms with Crippen LogP contribution in [0.4, 0.5) is 0 Å². The van der Waals surface area contributed by atoms with Crippen LogP contribution < -0.4 is 0 Å². The largest absolute Gasteiger partial charge is 0.477 e. The van der Waals surface area contributed by atoms with E-state index < -0.39 is 16.0 Å². The van der Waals surface area contributed by atoms with Crippen LogP contribution >= 0.6 is 27.3 Å². The summed E-state index contributed by atoms with van der Waals surface area (Å²) in [5.41, 5.74) is 0. The molecule has 0 aromatic carbocycles. The standard InChI is InChI=1S/C13H18BrNO4S2/c1-8(2)5-6-15(9-3-4-9)21(18,19)11-7-10(13(16)17)20-12(11)14/h7-9H,3-6H2,1-2H3,(H,16,17). The number of hydrogen-bond donors (Lipinski definition) is 1. The van der Waals surface area contributed by atoms with Crippen LogP contribution in [0, 0.1) is 5.92 Å². The van der Waals surface area contributed by atoms with Gasteiger partial charge in [-0.3, -0.25) is 0 Å². The Morgan fingerprint density at radius 2 is 2.14 bits per heavy atom. The predicted molar refractivity (Wildman–Crippen MR) is 85.3 cm³/mol. The van der Waals surface area contributed by atoms with E-state index in [0.717, 1.165) is 30.6 Å². The van der Waals surface area contributed by atoms with Crippen molar-refractivity contribution < 1.29 is 18.3 Å². The molecule has 1 fully saturated rings. The molecule has 1 heterocycles. The summed E-state index contributed by atoms with van der Waals surface area (Å²) < 4.78 is 27.5. The van der Waals surface area contributed by atoms with E-state index in [-0.39, 0.29) is 15.8 Å². The number of rotatable bonds is 7. The van der Waals surface area contributed by atoms with Crippen LogP contribution in [-0.4, -0.2) is 36.4 Å². The van der Waals surface area contributed by atoms with Crippen LogP contribution in [0.15, 0.2) is 14.7 Å². The quantitative estimate of drug-likeness (QED) is 0.767. The van der Waals surface area contributed by atoms with E-state index in [9.17, 15) is 13.2 Å². The van der Waals surface area contributed by atoms with Crippen molar-refractivity contribution in [1.29, 1.82) is 0 Å². The Labute approximate surface area is 137 Å². The molecule has 0 bridgehead atoms. The van der Waals surface area contributed by atoms with Gasteiger partial charge in [-0.1, -0.05) is 13.8 Å². The third-order valence-corrected chi connectivity index (χ3v) is 7.53. The average molecular weight is 396 g/mol. The minimum absolute atomic E-state index is 0.0278. The fraction of sp³-hybridized carbons (Fsp3) is 0.615. The summed E-state index contributed by atoms with van der Waals surface area (Å²) in [7, 11) is -3.64. The first-order valence-corrected chi connectivity index (χ1v) is 9.83. The van der Waals surface area contributed by atoms with Gasteiger partial charge in [0.2, 0.25) is 10.0 Å². The van der Waals surface area contributed by atoms with Crippen molar-refractivity contribution >= 4 is 43.3 Å². The number of carbonyl (C=O) groups is 1. The summed E-state index contributed by atoms with van der Waals surface area (Å²) in [6.45, 7) is 4.59. The maximum atomic E-state index is 12.8. The smallest absolute Gasteiger partial charge is 0.345 e. The van der Waals surface area contributed by atoms with Gasteiger partial charge in [0.1, 0.15) is 9.77 Å². The Morgan fingerprint density at radius 3 is 2.57 bits per heavy atom. The second-order valence-electron chi connectivity index (χ2n) is 5.58. The van der Waals surface area contributed by atoms with Gasteiger partial charge < -0.3 is 5.11 Å². The van der Waals surface area contributed by atoms with Crippen molar-refractivity contribution in [3.63, 3.8) is 0 Å². The minimum Gasteiger partial charge on any atom is -0.477 e. The molecule has 21 heavy (non-hydrogen) atoms. The zero-order valence-corrected chi connectivity index (χ0v) is 15.1. The van der Waals surface area contributed by atoms with Gasteiger partial charge in [0, 0.05) is 12.6 Å². The monoisotopic (exact) mass is 395 g/mol. The number of halogens is 1. The number of thiophene rings is 1. The molecule has 5 nitrogen and oxygen atoms in total. The molecule has 1 aliphatic carbocycles. The number of nitrogens with zero attached hydrogens (tertiary/aromatic N) is 1. The maximum Gasteiger partial charge on any atom is 0.345 e. The topological polar surface area (TPSA) is 74.7 Å². The normalized spacial score (nSPS) is 15.9. The molecule has 1 saturated carbocycles. The Hall–Kier alpha value is -0.440. The Bertz CT molecular complexity index is 635. The van der Waals surface area contributed by atoms with Crippen LogP contribution in [-0.2, 0) is 10.0 Å². The second kappa shape index (κ2) is 6.36. The highest BCUT2D eigenvalue weighted by Crippen LogP contribution is 2.38. The van der Waals surface area contributed by atoms with Gasteiger partial charge in [0.25, 0.3) is 0 Å². The lowest BCUT2D eigenvalue weighted by molar-refractivity contribution is 0.0702. The first-order valence-electron chi connectivity index (χ1n) is 6.78. The molecule has 0 radical (unpaired) electrons. The molecule has 1 aromatic heterocycles. The fourth-order valence-electron chi connectivity index (χ4n) is 2.01. The Balaban J connectivity index is 2.32. The highest BCUT2D eigenvalue weighted by molar-refractivity contribution is 9.11. The van der Waals surface area contributed by atoms with Gasteiger partial charge in [-0.15, -0.1) is 11.3 Å². The fourth-order valence-corrected chi connectivity index (χ4v) is 6.06. The summed E-state index contributed by atoms with van der Waals surface area (Å²) in [4.78, 5) is 11.1. The number of carboxylic acid groups (broad SMARTS) is 1. The van der Waals surface area contributed by atoms with E-state index >= 15 is 0 Å². The molecule has 1 aromatic rings. The van der Waals surface area contributed by atoms with Gasteiger partial charge in [0.05, 0.1) is 3.79 Å². The van der Waals surface area contributed by atoms with E-state index in [1.165, 1.54) is 10.4 Å². The molecule has 2 rings (SSSR count). The highest BCUT2D eigenvalue weighted by Gasteiger charge is 2.39. The van der Waals surface area contributed by atoms with Gasteiger partial charge >= 0.3 is 5.97 Å². The predicted octanol–water partition coefficient (Wildman–Crippen LogP) is 3.41. The van der Waals surface area contributed by atoms with Crippen LogP contribution in [0.5, 0.6) is 0 Å². The molecule has 0 amide bonds. The molecule has 0 unspecified atom stereocenters. The molecule has 0 saturated heterocycles. The summed E-state index contributed by atoms with van der Waals surface area (Å²) in [5, 5.41) is 9.01. The third-order valence-electron chi connectivity index (χ3n) is 3.33. The molecule has 1 aliphatic rings. The van der Waals surface area contributed by atoms with Gasteiger partial charge in [-0.2, -0.15) is 4.31 Å². The lowest BCUT2D eigenvalue weighted by atomic mass is 10.1. The highest BCUT2D eigenvalue weighted by atomic mass is 79.9. The van der Waals surface area contributed by atoms with Gasteiger partial charge in [-0.25, -0.2) is 13.2 Å². The van der Waals surface area contributed by atoms with Crippen molar-refractivity contribution in [2.75, 3.05) is 6.54 Å². The number of sulfonamides is 1. The van der Waals surface area contributed by atoms with Crippen molar-refractivity contribution in [3.05, 3.63) is 14.7 Å². The SMILES string of the molecule is CC(C)CCN(C1CC1)S(=O)(=O)c1cc(C(=O)O)sc1Br. The van der Waals surface area contributed by atoms with Crippen molar-refractivity contribution in [1.82, 2.24) is 4.31 Å². The number of carboxylic acids is 1. The summed E-state index contributed by atoms with van der Waals surface area (Å²) in [5.74, 6) is -0.691. The Kier molecular flexibility index (Phi) is 5.12. The summed E-state index contributed by atoms with van der Waals surface area (Å²) in [6, 6.07) is 1.31. The molecule has 0 atom stereocenters. The van der Waals surface area contributed by atoms with E-state index in [0.29, 0.717) is 16.2 Å². The molecule has 0 spiro atoms. The lowest BCUT2D eigenvalue weighted by Gasteiger charge is -2.22. The maximum absolute atomic E-state index is 12.8. The van der Waals surface area contributed by atoms with Crippen molar-refractivity contribution in [2.45, 2.75) is 44.0 Å². The molecule has 0 aliphatic heterocycles. The average Bonchev–Trinajstić information content (AvgIpc) is 3.10. The summed E-state index contributed by atoms with van der Waals surface area (Å²) >= 11 is 4.12. The van der Waals surface area contributed by atoms with Crippen LogP contribution in [0.2, 0.25) is 0 Å². The first kappa shape index (κ1) is 16.9.